The summed E-state index contributed by atoms with van der Waals surface area (Å²) in [4.78, 5) is 0. The van der Waals surface area contributed by atoms with E-state index < -0.39 is 0 Å². The summed E-state index contributed by atoms with van der Waals surface area (Å²) in [5.41, 5.74) is 5.73. The fraction of sp³-hybridized carbons (Fsp3) is 0.667. The van der Waals surface area contributed by atoms with Gasteiger partial charge >= 0.3 is 0 Å². The quantitative estimate of drug-likeness (QED) is 0.476. The van der Waals surface area contributed by atoms with E-state index in [1.807, 2.05) is 6.08 Å². The number of nitrogens with one attached hydrogen (secondary N) is 1. The van der Waals surface area contributed by atoms with Crippen molar-refractivity contribution >= 4 is 0 Å². The van der Waals surface area contributed by atoms with E-state index >= 15 is 0 Å². The lowest BCUT2D eigenvalue weighted by Gasteiger charge is -2.10. The Hall–Kier alpha value is -0.660. The number of hydrogen-bond donors (Lipinski definition) is 2. The third-order valence-electron chi connectivity index (χ3n) is 1.29. The number of rotatable bonds is 0. The van der Waals surface area contributed by atoms with E-state index in [9.17, 15) is 0 Å². The van der Waals surface area contributed by atoms with E-state index in [0.717, 1.165) is 12.4 Å². The normalized spacial score (nSPS) is 24.5. The van der Waals surface area contributed by atoms with Gasteiger partial charge in [0, 0.05) is 12.0 Å². The Balaban J connectivity index is 2.67. The molecule has 0 aromatic heterocycles. The summed E-state index contributed by atoms with van der Waals surface area (Å²) in [5, 5.41) is 3.05. The zero-order valence-electron chi connectivity index (χ0n) is 5.36. The average Bonchev–Trinajstić information content (AvgIpc) is 1.82. The molecule has 0 aromatic carbocycles. The van der Waals surface area contributed by atoms with Gasteiger partial charge in [-0.15, -0.1) is 0 Å². The molecule has 1 rings (SSSR count). The van der Waals surface area contributed by atoms with Crippen LogP contribution in [0.5, 0.6) is 0 Å². The van der Waals surface area contributed by atoms with E-state index in [0.29, 0.717) is 0 Å². The first-order valence-corrected chi connectivity index (χ1v) is 2.82. The lowest BCUT2D eigenvalue weighted by atomic mass is 9.96. The summed E-state index contributed by atoms with van der Waals surface area (Å²) < 4.78 is 0. The van der Waals surface area contributed by atoms with Crippen molar-refractivity contribution in [2.75, 3.05) is 6.54 Å². The van der Waals surface area contributed by atoms with Crippen LogP contribution < -0.4 is 11.1 Å². The molecule has 0 bridgehead atoms. The van der Waals surface area contributed by atoms with Crippen molar-refractivity contribution in [3.8, 4) is 0 Å². The Morgan fingerprint density at radius 2 is 2.38 bits per heavy atom. The third kappa shape index (κ3) is 0.941. The van der Waals surface area contributed by atoms with Crippen LogP contribution in [0.15, 0.2) is 11.9 Å². The second-order valence-corrected chi connectivity index (χ2v) is 2.94. The third-order valence-corrected chi connectivity index (χ3v) is 1.29. The highest BCUT2D eigenvalue weighted by atomic mass is 15.0. The molecule has 0 amide bonds. The van der Waals surface area contributed by atoms with Gasteiger partial charge in [0.1, 0.15) is 0 Å². The van der Waals surface area contributed by atoms with E-state index in [1.54, 1.807) is 0 Å². The first-order valence-electron chi connectivity index (χ1n) is 2.82. The smallest absolute Gasteiger partial charge is 0.0925 e. The minimum Gasteiger partial charge on any atom is -0.386 e. The molecule has 0 fully saturated rings. The van der Waals surface area contributed by atoms with Crippen molar-refractivity contribution in [2.45, 2.75) is 13.8 Å². The summed E-state index contributed by atoms with van der Waals surface area (Å²) in [7, 11) is 0. The SMILES string of the molecule is CC1(C)C=C(N)NC1. The largest absolute Gasteiger partial charge is 0.386 e. The maximum Gasteiger partial charge on any atom is 0.0925 e. The van der Waals surface area contributed by atoms with Crippen molar-refractivity contribution in [2.24, 2.45) is 11.1 Å². The van der Waals surface area contributed by atoms with E-state index in [-0.39, 0.29) is 5.41 Å². The second kappa shape index (κ2) is 1.41. The summed E-state index contributed by atoms with van der Waals surface area (Å²) >= 11 is 0. The van der Waals surface area contributed by atoms with Crippen LogP contribution in [-0.4, -0.2) is 6.54 Å². The number of hydrogen-bond acceptors (Lipinski definition) is 2. The Morgan fingerprint density at radius 1 is 1.75 bits per heavy atom. The molecule has 2 heteroatoms. The fourth-order valence-corrected chi connectivity index (χ4v) is 0.853. The molecule has 0 radical (unpaired) electrons. The molecule has 0 saturated carbocycles. The highest BCUT2D eigenvalue weighted by Crippen LogP contribution is 2.20. The van der Waals surface area contributed by atoms with Crippen molar-refractivity contribution < 1.29 is 0 Å². The van der Waals surface area contributed by atoms with Gasteiger partial charge in [-0.2, -0.15) is 0 Å². The monoisotopic (exact) mass is 112 g/mol. The van der Waals surface area contributed by atoms with Crippen LogP contribution in [0.1, 0.15) is 13.8 Å². The van der Waals surface area contributed by atoms with Crippen LogP contribution in [0, 0.1) is 5.41 Å². The van der Waals surface area contributed by atoms with Crippen LogP contribution in [-0.2, 0) is 0 Å². The molecule has 0 aliphatic carbocycles. The Morgan fingerprint density at radius 3 is 2.50 bits per heavy atom. The Labute approximate surface area is 49.8 Å². The molecule has 1 heterocycles. The van der Waals surface area contributed by atoms with Gasteiger partial charge in [0.25, 0.3) is 0 Å². The first kappa shape index (κ1) is 5.48. The minimum absolute atomic E-state index is 0.268. The minimum atomic E-state index is 0.268. The zero-order chi connectivity index (χ0) is 6.20. The first-order chi connectivity index (χ1) is 3.60. The second-order valence-electron chi connectivity index (χ2n) is 2.94. The molecule has 8 heavy (non-hydrogen) atoms. The van der Waals surface area contributed by atoms with Gasteiger partial charge in [-0.3, -0.25) is 0 Å². The summed E-state index contributed by atoms with van der Waals surface area (Å²) in [6, 6.07) is 0. The van der Waals surface area contributed by atoms with Gasteiger partial charge < -0.3 is 11.1 Å². The molecule has 2 nitrogen and oxygen atoms in total. The molecule has 0 spiro atoms. The molecule has 1 aliphatic rings. The van der Waals surface area contributed by atoms with Crippen molar-refractivity contribution in [3.63, 3.8) is 0 Å². The Kier molecular flexibility index (Phi) is 0.962. The zero-order valence-corrected chi connectivity index (χ0v) is 5.36. The van der Waals surface area contributed by atoms with E-state index in [4.69, 9.17) is 5.73 Å². The highest BCUT2D eigenvalue weighted by Gasteiger charge is 2.19. The standard InChI is InChI=1S/C6H12N2/c1-6(2)3-5(7)8-4-6/h3,8H,4,7H2,1-2H3. The molecule has 3 N–H and O–H groups in total. The van der Waals surface area contributed by atoms with Gasteiger partial charge in [0.15, 0.2) is 0 Å². The predicted octanol–water partition coefficient (Wildman–Crippen LogP) is 0.416. The maximum atomic E-state index is 5.46. The highest BCUT2D eigenvalue weighted by molar-refractivity contribution is 5.10. The lowest BCUT2D eigenvalue weighted by Crippen LogP contribution is -2.20. The summed E-state index contributed by atoms with van der Waals surface area (Å²) in [5.74, 6) is 0.815. The van der Waals surface area contributed by atoms with Crippen molar-refractivity contribution in [1.82, 2.24) is 5.32 Å². The summed E-state index contributed by atoms with van der Waals surface area (Å²) in [6.45, 7) is 5.28. The Bertz CT molecular complexity index is 124. The number of nitrogens with two attached hydrogens (primary N) is 1. The van der Waals surface area contributed by atoms with E-state index in [1.165, 1.54) is 0 Å². The van der Waals surface area contributed by atoms with Crippen LogP contribution in [0.4, 0.5) is 0 Å². The molecule has 0 unspecified atom stereocenters. The van der Waals surface area contributed by atoms with Gasteiger partial charge in [-0.25, -0.2) is 0 Å². The van der Waals surface area contributed by atoms with Crippen molar-refractivity contribution in [1.29, 1.82) is 0 Å². The molecule has 0 aromatic rings. The lowest BCUT2D eigenvalue weighted by molar-refractivity contribution is 0.495. The van der Waals surface area contributed by atoms with Crippen LogP contribution >= 0.6 is 0 Å². The van der Waals surface area contributed by atoms with E-state index in [2.05, 4.69) is 19.2 Å². The topological polar surface area (TPSA) is 38.0 Å². The summed E-state index contributed by atoms with van der Waals surface area (Å²) in [6.07, 6.45) is 2.05. The fourth-order valence-electron chi connectivity index (χ4n) is 0.853. The molecule has 46 valence electrons. The molecule has 0 saturated heterocycles. The van der Waals surface area contributed by atoms with Crippen LogP contribution in [0.25, 0.3) is 0 Å². The van der Waals surface area contributed by atoms with Crippen molar-refractivity contribution in [3.05, 3.63) is 11.9 Å². The van der Waals surface area contributed by atoms with Crippen LogP contribution in [0.3, 0.4) is 0 Å². The predicted molar refractivity (Wildman–Crippen MR) is 34.1 cm³/mol. The van der Waals surface area contributed by atoms with Gasteiger partial charge in [0.05, 0.1) is 5.82 Å². The van der Waals surface area contributed by atoms with Crippen LogP contribution in [0.2, 0.25) is 0 Å². The van der Waals surface area contributed by atoms with Gasteiger partial charge in [-0.05, 0) is 6.08 Å². The average molecular weight is 112 g/mol. The molecule has 1 aliphatic heterocycles. The molecular weight excluding hydrogens is 100 g/mol. The van der Waals surface area contributed by atoms with Gasteiger partial charge in [0.2, 0.25) is 0 Å². The molecular formula is C6H12N2. The maximum absolute atomic E-state index is 5.46. The molecule has 0 atom stereocenters. The van der Waals surface area contributed by atoms with Gasteiger partial charge in [-0.1, -0.05) is 13.8 Å².